The minimum absolute atomic E-state index is 0.607. The molecule has 0 aliphatic rings. The number of hydrogen-bond acceptors (Lipinski definition) is 4. The van der Waals surface area contributed by atoms with E-state index in [9.17, 15) is 5.11 Å². The van der Waals surface area contributed by atoms with Gasteiger partial charge in [-0.15, -0.1) is 0 Å². The maximum absolute atomic E-state index is 9.80. The lowest BCUT2D eigenvalue weighted by molar-refractivity contribution is 0.0340. The normalized spacial score (nSPS) is 11.7. The van der Waals surface area contributed by atoms with E-state index < -0.39 is 5.60 Å². The summed E-state index contributed by atoms with van der Waals surface area (Å²) in [5, 5.41) is 9.80. The molecule has 108 valence electrons. The van der Waals surface area contributed by atoms with Crippen LogP contribution in [-0.4, -0.2) is 49.0 Å². The Balaban J connectivity index is 2.35. The van der Waals surface area contributed by atoms with E-state index in [2.05, 4.69) is 11.8 Å². The van der Waals surface area contributed by atoms with Crippen LogP contribution in [0.5, 0.6) is 11.5 Å². The molecule has 1 rings (SSSR count). The van der Waals surface area contributed by atoms with Crippen molar-refractivity contribution in [3.8, 4) is 11.5 Å². The maximum Gasteiger partial charge on any atom is 0.119 e. The van der Waals surface area contributed by atoms with E-state index in [-0.39, 0.29) is 0 Å². The van der Waals surface area contributed by atoms with E-state index in [4.69, 9.17) is 9.47 Å². The van der Waals surface area contributed by atoms with Crippen LogP contribution in [-0.2, 0) is 0 Å². The van der Waals surface area contributed by atoms with Gasteiger partial charge in [-0.2, -0.15) is 0 Å². The average Bonchev–Trinajstić information content (AvgIpc) is 2.37. The van der Waals surface area contributed by atoms with Gasteiger partial charge in [0, 0.05) is 13.1 Å². The van der Waals surface area contributed by atoms with Gasteiger partial charge in [0.15, 0.2) is 0 Å². The molecule has 1 aromatic rings. The zero-order valence-electron chi connectivity index (χ0n) is 12.3. The van der Waals surface area contributed by atoms with Crippen molar-refractivity contribution in [2.24, 2.45) is 0 Å². The Bertz CT molecular complexity index is 357. The Kier molecular flexibility index (Phi) is 6.12. The van der Waals surface area contributed by atoms with Crippen LogP contribution in [0.15, 0.2) is 24.3 Å². The summed E-state index contributed by atoms with van der Waals surface area (Å²) in [5.41, 5.74) is -0.671. The van der Waals surface area contributed by atoms with E-state index in [1.165, 1.54) is 0 Å². The lowest BCUT2D eigenvalue weighted by Gasteiger charge is -2.27. The van der Waals surface area contributed by atoms with Gasteiger partial charge in [0.2, 0.25) is 0 Å². The monoisotopic (exact) mass is 267 g/mol. The SMILES string of the molecule is CCN(CCOc1ccc(OC)cc1)CC(C)(C)O. The lowest BCUT2D eigenvalue weighted by Crippen LogP contribution is -2.40. The summed E-state index contributed by atoms with van der Waals surface area (Å²) < 4.78 is 10.8. The summed E-state index contributed by atoms with van der Waals surface area (Å²) >= 11 is 0. The van der Waals surface area contributed by atoms with Crippen LogP contribution in [0.4, 0.5) is 0 Å². The summed E-state index contributed by atoms with van der Waals surface area (Å²) in [6.45, 7) is 8.67. The first-order chi connectivity index (χ1) is 8.94. The van der Waals surface area contributed by atoms with Gasteiger partial charge in [-0.05, 0) is 44.7 Å². The first-order valence-corrected chi connectivity index (χ1v) is 6.66. The first kappa shape index (κ1) is 15.8. The Hall–Kier alpha value is -1.26. The highest BCUT2D eigenvalue weighted by Crippen LogP contribution is 2.16. The van der Waals surface area contributed by atoms with E-state index in [0.717, 1.165) is 24.6 Å². The minimum Gasteiger partial charge on any atom is -0.497 e. The van der Waals surface area contributed by atoms with Crippen molar-refractivity contribution < 1.29 is 14.6 Å². The fraction of sp³-hybridized carbons (Fsp3) is 0.600. The molecule has 0 spiro atoms. The first-order valence-electron chi connectivity index (χ1n) is 6.66. The van der Waals surface area contributed by atoms with E-state index in [1.807, 2.05) is 38.1 Å². The summed E-state index contributed by atoms with van der Waals surface area (Å²) in [4.78, 5) is 2.17. The van der Waals surface area contributed by atoms with Gasteiger partial charge in [0.1, 0.15) is 18.1 Å². The summed E-state index contributed by atoms with van der Waals surface area (Å²) in [6.07, 6.45) is 0. The van der Waals surface area contributed by atoms with Gasteiger partial charge in [-0.3, -0.25) is 4.90 Å². The Morgan fingerprint density at radius 2 is 1.74 bits per heavy atom. The van der Waals surface area contributed by atoms with Crippen molar-refractivity contribution >= 4 is 0 Å². The van der Waals surface area contributed by atoms with Crippen molar-refractivity contribution in [2.75, 3.05) is 33.4 Å². The van der Waals surface area contributed by atoms with Crippen molar-refractivity contribution in [3.63, 3.8) is 0 Å². The van der Waals surface area contributed by atoms with Gasteiger partial charge in [-0.25, -0.2) is 0 Å². The molecule has 4 nitrogen and oxygen atoms in total. The van der Waals surface area contributed by atoms with Gasteiger partial charge in [-0.1, -0.05) is 6.92 Å². The molecule has 0 heterocycles. The number of ether oxygens (including phenoxy) is 2. The molecule has 4 heteroatoms. The molecular weight excluding hydrogens is 242 g/mol. The maximum atomic E-state index is 9.80. The van der Waals surface area contributed by atoms with E-state index >= 15 is 0 Å². The zero-order chi connectivity index (χ0) is 14.3. The molecule has 0 aliphatic carbocycles. The van der Waals surface area contributed by atoms with Gasteiger partial charge >= 0.3 is 0 Å². The standard InChI is InChI=1S/C15H25NO3/c1-5-16(12-15(2,3)17)10-11-19-14-8-6-13(18-4)7-9-14/h6-9,17H,5,10-12H2,1-4H3. The largest absolute Gasteiger partial charge is 0.497 e. The second-order valence-electron chi connectivity index (χ2n) is 5.21. The minimum atomic E-state index is -0.671. The highest BCUT2D eigenvalue weighted by Gasteiger charge is 2.16. The third-order valence-electron chi connectivity index (χ3n) is 2.79. The number of benzene rings is 1. The molecule has 0 aromatic heterocycles. The van der Waals surface area contributed by atoms with E-state index in [1.54, 1.807) is 7.11 Å². The van der Waals surface area contributed by atoms with Crippen LogP contribution in [0.1, 0.15) is 20.8 Å². The number of nitrogens with zero attached hydrogens (tertiary/aromatic N) is 1. The summed E-state index contributed by atoms with van der Waals surface area (Å²) in [7, 11) is 1.64. The van der Waals surface area contributed by atoms with Crippen molar-refractivity contribution in [2.45, 2.75) is 26.4 Å². The van der Waals surface area contributed by atoms with Crippen molar-refractivity contribution in [1.29, 1.82) is 0 Å². The average molecular weight is 267 g/mol. The molecular formula is C15H25NO3. The summed E-state index contributed by atoms with van der Waals surface area (Å²) in [5.74, 6) is 1.66. The van der Waals surface area contributed by atoms with Crippen LogP contribution in [0.3, 0.4) is 0 Å². The Morgan fingerprint density at radius 1 is 1.16 bits per heavy atom. The number of rotatable bonds is 8. The number of aliphatic hydroxyl groups is 1. The predicted molar refractivity (Wildman–Crippen MR) is 76.9 cm³/mol. The fourth-order valence-corrected chi connectivity index (χ4v) is 1.86. The molecule has 0 saturated carbocycles. The smallest absolute Gasteiger partial charge is 0.119 e. The number of methoxy groups -OCH3 is 1. The molecule has 0 saturated heterocycles. The van der Waals surface area contributed by atoms with Gasteiger partial charge < -0.3 is 14.6 Å². The topological polar surface area (TPSA) is 41.9 Å². The second-order valence-corrected chi connectivity index (χ2v) is 5.21. The molecule has 0 amide bonds. The molecule has 0 aliphatic heterocycles. The quantitative estimate of drug-likeness (QED) is 0.784. The molecule has 0 bridgehead atoms. The zero-order valence-corrected chi connectivity index (χ0v) is 12.3. The van der Waals surface area contributed by atoms with E-state index in [0.29, 0.717) is 13.2 Å². The molecule has 1 aromatic carbocycles. The third kappa shape index (κ3) is 6.45. The molecule has 19 heavy (non-hydrogen) atoms. The molecule has 0 radical (unpaired) electrons. The van der Waals surface area contributed by atoms with Gasteiger partial charge in [0.25, 0.3) is 0 Å². The molecule has 0 atom stereocenters. The van der Waals surface area contributed by atoms with Crippen molar-refractivity contribution in [3.05, 3.63) is 24.3 Å². The van der Waals surface area contributed by atoms with Gasteiger partial charge in [0.05, 0.1) is 12.7 Å². The van der Waals surface area contributed by atoms with Crippen LogP contribution in [0.25, 0.3) is 0 Å². The van der Waals surface area contributed by atoms with Crippen LogP contribution < -0.4 is 9.47 Å². The summed E-state index contributed by atoms with van der Waals surface area (Å²) in [6, 6.07) is 7.55. The number of hydrogen-bond donors (Lipinski definition) is 1. The number of likely N-dealkylation sites (N-methyl/N-ethyl adjacent to an activating group) is 1. The Morgan fingerprint density at radius 3 is 2.21 bits per heavy atom. The molecule has 0 unspecified atom stereocenters. The third-order valence-corrected chi connectivity index (χ3v) is 2.79. The van der Waals surface area contributed by atoms with Crippen LogP contribution in [0, 0.1) is 0 Å². The second kappa shape index (κ2) is 7.36. The molecule has 1 N–H and O–H groups in total. The van der Waals surface area contributed by atoms with Crippen molar-refractivity contribution in [1.82, 2.24) is 4.90 Å². The fourth-order valence-electron chi connectivity index (χ4n) is 1.86. The highest BCUT2D eigenvalue weighted by atomic mass is 16.5. The van der Waals surface area contributed by atoms with Crippen LogP contribution >= 0.6 is 0 Å². The lowest BCUT2D eigenvalue weighted by atomic mass is 10.1. The highest BCUT2D eigenvalue weighted by molar-refractivity contribution is 5.31. The Labute approximate surface area is 115 Å². The molecule has 0 fully saturated rings. The van der Waals surface area contributed by atoms with Crippen LogP contribution in [0.2, 0.25) is 0 Å². The predicted octanol–water partition coefficient (Wildman–Crippen LogP) is 2.17.